The zero-order valence-corrected chi connectivity index (χ0v) is 19.2. The Balaban J connectivity index is 2.17. The molecule has 0 bridgehead atoms. The summed E-state index contributed by atoms with van der Waals surface area (Å²) >= 11 is 5.75. The predicted octanol–water partition coefficient (Wildman–Crippen LogP) is 6.10. The fraction of sp³-hybridized carbons (Fsp3) is 0.458. The maximum atomic E-state index is 5.82. The van der Waals surface area contributed by atoms with Gasteiger partial charge in [-0.05, 0) is 80.7 Å². The molecule has 0 amide bonds. The summed E-state index contributed by atoms with van der Waals surface area (Å²) in [5.74, 6) is 1.60. The highest BCUT2D eigenvalue weighted by molar-refractivity contribution is 7.80. The highest BCUT2D eigenvalue weighted by Gasteiger charge is 2.14. The van der Waals surface area contributed by atoms with Gasteiger partial charge in [-0.25, -0.2) is 0 Å². The van der Waals surface area contributed by atoms with Gasteiger partial charge in [-0.15, -0.1) is 0 Å². The molecule has 2 aromatic rings. The molecule has 1 N–H and O–H groups in total. The summed E-state index contributed by atoms with van der Waals surface area (Å²) < 4.78 is 11.6. The first-order chi connectivity index (χ1) is 14.0. The van der Waals surface area contributed by atoms with E-state index in [1.807, 2.05) is 13.0 Å². The van der Waals surface area contributed by atoms with Crippen molar-refractivity contribution in [2.75, 3.05) is 25.1 Å². The third-order valence-corrected chi connectivity index (χ3v) is 5.13. The van der Waals surface area contributed by atoms with E-state index in [9.17, 15) is 0 Å². The van der Waals surface area contributed by atoms with Gasteiger partial charge in [-0.2, -0.15) is 0 Å². The summed E-state index contributed by atoms with van der Waals surface area (Å²) in [5.41, 5.74) is 4.69. The van der Waals surface area contributed by atoms with Crippen LogP contribution in [0.3, 0.4) is 0 Å². The lowest BCUT2D eigenvalue weighted by molar-refractivity contribution is 0.276. The highest BCUT2D eigenvalue weighted by atomic mass is 32.1. The molecule has 0 aliphatic rings. The van der Waals surface area contributed by atoms with E-state index in [-0.39, 0.29) is 0 Å². The first-order valence-corrected chi connectivity index (χ1v) is 10.9. The highest BCUT2D eigenvalue weighted by Crippen LogP contribution is 2.29. The maximum Gasteiger partial charge on any atom is 0.173 e. The van der Waals surface area contributed by atoms with Gasteiger partial charge in [0.05, 0.1) is 13.2 Å². The van der Waals surface area contributed by atoms with Crippen LogP contribution in [0.5, 0.6) is 11.5 Å². The molecular weight excluding hydrogens is 380 g/mol. The third kappa shape index (κ3) is 6.64. The number of hydrogen-bond acceptors (Lipinski definition) is 3. The molecule has 5 heteroatoms. The minimum absolute atomic E-state index is 0.608. The average molecular weight is 415 g/mol. The second-order valence-electron chi connectivity index (χ2n) is 7.16. The van der Waals surface area contributed by atoms with Crippen LogP contribution in [0.15, 0.2) is 36.4 Å². The van der Waals surface area contributed by atoms with Crippen LogP contribution >= 0.6 is 12.2 Å². The van der Waals surface area contributed by atoms with Crippen molar-refractivity contribution >= 4 is 23.0 Å². The summed E-state index contributed by atoms with van der Waals surface area (Å²) in [4.78, 5) is 2.20. The largest absolute Gasteiger partial charge is 0.490 e. The molecule has 2 aromatic carbocycles. The lowest BCUT2D eigenvalue weighted by Crippen LogP contribution is -2.35. The van der Waals surface area contributed by atoms with Crippen LogP contribution in [0, 0.1) is 13.8 Å². The fourth-order valence-electron chi connectivity index (χ4n) is 3.07. The van der Waals surface area contributed by atoms with Crippen molar-refractivity contribution in [1.29, 1.82) is 0 Å². The number of rotatable bonds is 10. The molecule has 0 saturated carbocycles. The van der Waals surface area contributed by atoms with Gasteiger partial charge in [0.1, 0.15) is 0 Å². The first-order valence-electron chi connectivity index (χ1n) is 10.5. The zero-order valence-electron chi connectivity index (χ0n) is 18.4. The van der Waals surface area contributed by atoms with E-state index in [0.29, 0.717) is 13.2 Å². The Morgan fingerprint density at radius 1 is 1.00 bits per heavy atom. The van der Waals surface area contributed by atoms with E-state index < -0.39 is 0 Å². The van der Waals surface area contributed by atoms with Crippen LogP contribution in [0.2, 0.25) is 0 Å². The number of anilines is 1. The molecule has 0 aliphatic heterocycles. The van der Waals surface area contributed by atoms with Gasteiger partial charge in [0.2, 0.25) is 0 Å². The molecule has 0 unspecified atom stereocenters. The molecule has 0 heterocycles. The van der Waals surface area contributed by atoms with Gasteiger partial charge in [0.25, 0.3) is 0 Å². The van der Waals surface area contributed by atoms with Crippen molar-refractivity contribution in [2.45, 2.75) is 54.0 Å². The third-order valence-electron chi connectivity index (χ3n) is 4.77. The Bertz CT molecular complexity index is 807. The molecule has 0 fully saturated rings. The summed E-state index contributed by atoms with van der Waals surface area (Å²) in [7, 11) is 0. The van der Waals surface area contributed by atoms with E-state index in [4.69, 9.17) is 21.7 Å². The quantitative estimate of drug-likeness (QED) is 0.475. The number of ether oxygens (including phenoxy) is 2. The Morgan fingerprint density at radius 3 is 2.48 bits per heavy atom. The fourth-order valence-corrected chi connectivity index (χ4v) is 3.34. The summed E-state index contributed by atoms with van der Waals surface area (Å²) in [6, 6.07) is 12.4. The number of nitrogens with one attached hydrogen (secondary N) is 1. The van der Waals surface area contributed by atoms with Gasteiger partial charge in [-0.1, -0.05) is 32.0 Å². The molecule has 0 spiro atoms. The van der Waals surface area contributed by atoms with E-state index in [1.165, 1.54) is 11.1 Å². The van der Waals surface area contributed by atoms with Crippen molar-refractivity contribution in [3.63, 3.8) is 0 Å². The Kier molecular flexibility index (Phi) is 9.26. The van der Waals surface area contributed by atoms with E-state index in [2.05, 4.69) is 68.2 Å². The molecule has 0 saturated heterocycles. The van der Waals surface area contributed by atoms with Gasteiger partial charge in [0.15, 0.2) is 16.6 Å². The normalized spacial score (nSPS) is 10.5. The van der Waals surface area contributed by atoms with Gasteiger partial charge < -0.3 is 19.7 Å². The molecule has 29 heavy (non-hydrogen) atoms. The van der Waals surface area contributed by atoms with Gasteiger partial charge >= 0.3 is 0 Å². The smallest absolute Gasteiger partial charge is 0.173 e. The molecule has 0 atom stereocenters. The SMILES string of the molecule is CCCOc1ccc(CN(CCC)C(=S)Nc2cccc(C)c2C)cc1OCC. The van der Waals surface area contributed by atoms with E-state index in [0.717, 1.165) is 53.8 Å². The second-order valence-corrected chi connectivity index (χ2v) is 7.55. The van der Waals surface area contributed by atoms with Gasteiger partial charge in [0, 0.05) is 18.8 Å². The van der Waals surface area contributed by atoms with Crippen LogP contribution in [0.4, 0.5) is 5.69 Å². The topological polar surface area (TPSA) is 33.7 Å². The summed E-state index contributed by atoms with van der Waals surface area (Å²) in [6.07, 6.45) is 1.99. The molecule has 158 valence electrons. The Hall–Kier alpha value is -2.27. The molecule has 0 radical (unpaired) electrons. The van der Waals surface area contributed by atoms with Crippen LogP contribution in [0.1, 0.15) is 50.3 Å². The molecule has 2 rings (SSSR count). The monoisotopic (exact) mass is 414 g/mol. The standard InChI is InChI=1S/C24H34N2O2S/c1-6-14-26(24(29)25-21-11-9-10-18(4)19(21)5)17-20-12-13-22(28-15-7-2)23(16-20)27-8-3/h9-13,16H,6-8,14-15,17H2,1-5H3,(H,25,29). The van der Waals surface area contributed by atoms with Crippen molar-refractivity contribution in [1.82, 2.24) is 4.90 Å². The predicted molar refractivity (Wildman–Crippen MR) is 126 cm³/mol. The number of hydrogen-bond donors (Lipinski definition) is 1. The lowest BCUT2D eigenvalue weighted by Gasteiger charge is -2.26. The number of aryl methyl sites for hydroxylation is 1. The van der Waals surface area contributed by atoms with Gasteiger partial charge in [-0.3, -0.25) is 0 Å². The van der Waals surface area contributed by atoms with Crippen molar-refractivity contribution < 1.29 is 9.47 Å². The van der Waals surface area contributed by atoms with Crippen LogP contribution in [-0.4, -0.2) is 29.8 Å². The zero-order chi connectivity index (χ0) is 21.2. The van der Waals surface area contributed by atoms with Crippen molar-refractivity contribution in [3.05, 3.63) is 53.1 Å². The van der Waals surface area contributed by atoms with Crippen LogP contribution in [0.25, 0.3) is 0 Å². The average Bonchev–Trinajstić information content (AvgIpc) is 2.70. The molecule has 0 aromatic heterocycles. The van der Waals surface area contributed by atoms with Crippen LogP contribution in [-0.2, 0) is 6.54 Å². The Labute approximate surface area is 181 Å². The molecule has 0 aliphatic carbocycles. The minimum Gasteiger partial charge on any atom is -0.490 e. The van der Waals surface area contributed by atoms with Crippen LogP contribution < -0.4 is 14.8 Å². The second kappa shape index (κ2) is 11.7. The molecule has 4 nitrogen and oxygen atoms in total. The minimum atomic E-state index is 0.608. The van der Waals surface area contributed by atoms with E-state index >= 15 is 0 Å². The molecular formula is C24H34N2O2S. The van der Waals surface area contributed by atoms with Crippen molar-refractivity contribution in [2.24, 2.45) is 0 Å². The summed E-state index contributed by atoms with van der Waals surface area (Å²) in [5, 5.41) is 4.18. The summed E-state index contributed by atoms with van der Waals surface area (Å²) in [6.45, 7) is 13.4. The maximum absolute atomic E-state index is 5.82. The first kappa shape index (κ1) is 23.0. The number of thiocarbonyl (C=S) groups is 1. The number of nitrogens with zero attached hydrogens (tertiary/aromatic N) is 1. The van der Waals surface area contributed by atoms with E-state index in [1.54, 1.807) is 0 Å². The van der Waals surface area contributed by atoms with Crippen molar-refractivity contribution in [3.8, 4) is 11.5 Å². The number of benzene rings is 2. The Morgan fingerprint density at radius 2 is 1.79 bits per heavy atom. The lowest BCUT2D eigenvalue weighted by atomic mass is 10.1.